The van der Waals surface area contributed by atoms with E-state index < -0.39 is 0 Å². The van der Waals surface area contributed by atoms with Crippen molar-refractivity contribution in [3.63, 3.8) is 0 Å². The standard InChI is InChI=1S/C19H24N4O4/c1-22(2)14-10-19(25)23(20-11-14)12-18(24)21-16-7-3-4-8-17(16)27-13-15-6-5-9-26-15/h3-4,7-8,10-11,15H,5-6,9,12-13H2,1-2H3,(H,21,24)/t15-/m1/s1. The SMILES string of the molecule is CN(C)c1cnn(CC(=O)Nc2ccccc2OC[C@H]2CCCO2)c(=O)c1. The van der Waals surface area contributed by atoms with E-state index >= 15 is 0 Å². The van der Waals surface area contributed by atoms with Gasteiger partial charge in [-0.25, -0.2) is 4.68 Å². The van der Waals surface area contributed by atoms with E-state index in [1.807, 2.05) is 26.2 Å². The third-order valence-corrected chi connectivity index (χ3v) is 4.27. The molecule has 8 nitrogen and oxygen atoms in total. The average molecular weight is 372 g/mol. The highest BCUT2D eigenvalue weighted by Crippen LogP contribution is 2.25. The molecule has 1 fully saturated rings. The molecule has 0 spiro atoms. The highest BCUT2D eigenvalue weighted by molar-refractivity contribution is 5.92. The van der Waals surface area contributed by atoms with Crippen molar-refractivity contribution in [1.82, 2.24) is 9.78 Å². The summed E-state index contributed by atoms with van der Waals surface area (Å²) in [6, 6.07) is 8.64. The van der Waals surface area contributed by atoms with Gasteiger partial charge in [0.2, 0.25) is 5.91 Å². The smallest absolute Gasteiger partial charge is 0.269 e. The number of hydrogen-bond donors (Lipinski definition) is 1. The Bertz CT molecular complexity index is 844. The maximum Gasteiger partial charge on any atom is 0.269 e. The van der Waals surface area contributed by atoms with Crippen molar-refractivity contribution in [3.8, 4) is 5.75 Å². The molecule has 27 heavy (non-hydrogen) atoms. The van der Waals surface area contributed by atoms with Crippen LogP contribution in [0, 0.1) is 0 Å². The highest BCUT2D eigenvalue weighted by atomic mass is 16.5. The summed E-state index contributed by atoms with van der Waals surface area (Å²) < 4.78 is 12.5. The molecule has 8 heteroatoms. The third kappa shape index (κ3) is 5.07. The molecule has 0 saturated carbocycles. The quantitative estimate of drug-likeness (QED) is 0.793. The lowest BCUT2D eigenvalue weighted by Crippen LogP contribution is -2.30. The molecule has 0 unspecified atom stereocenters. The summed E-state index contributed by atoms with van der Waals surface area (Å²) in [5, 5.41) is 6.83. The van der Waals surface area contributed by atoms with Gasteiger partial charge < -0.3 is 19.7 Å². The molecule has 0 aliphatic carbocycles. The topological polar surface area (TPSA) is 85.7 Å². The number of nitrogens with one attached hydrogen (secondary N) is 1. The van der Waals surface area contributed by atoms with Crippen molar-refractivity contribution in [2.24, 2.45) is 0 Å². The fourth-order valence-corrected chi connectivity index (χ4v) is 2.77. The number of hydrogen-bond acceptors (Lipinski definition) is 6. The van der Waals surface area contributed by atoms with Gasteiger partial charge in [-0.1, -0.05) is 12.1 Å². The molecule has 1 aromatic heterocycles. The van der Waals surface area contributed by atoms with Crippen LogP contribution in [0.3, 0.4) is 0 Å². The first kappa shape index (κ1) is 18.9. The van der Waals surface area contributed by atoms with Crippen LogP contribution in [-0.4, -0.2) is 49.1 Å². The van der Waals surface area contributed by atoms with Gasteiger partial charge in [0, 0.05) is 26.8 Å². The molecule has 0 bridgehead atoms. The van der Waals surface area contributed by atoms with Gasteiger partial charge in [-0.3, -0.25) is 9.59 Å². The van der Waals surface area contributed by atoms with Crippen LogP contribution in [0.25, 0.3) is 0 Å². The molecule has 1 aliphatic rings. The predicted molar refractivity (Wildman–Crippen MR) is 102 cm³/mol. The van der Waals surface area contributed by atoms with Crippen molar-refractivity contribution in [2.75, 3.05) is 37.5 Å². The Balaban J connectivity index is 1.63. The lowest BCUT2D eigenvalue weighted by atomic mass is 10.2. The zero-order valence-electron chi connectivity index (χ0n) is 15.6. The number of aromatic nitrogens is 2. The Kier molecular flexibility index (Phi) is 6.08. The fourth-order valence-electron chi connectivity index (χ4n) is 2.77. The zero-order chi connectivity index (χ0) is 19.2. The monoisotopic (exact) mass is 372 g/mol. The van der Waals surface area contributed by atoms with Crippen LogP contribution in [0.2, 0.25) is 0 Å². The number of benzene rings is 1. The first-order chi connectivity index (χ1) is 13.0. The molecule has 1 N–H and O–H groups in total. The van der Waals surface area contributed by atoms with E-state index in [2.05, 4.69) is 10.4 Å². The molecule has 1 atom stereocenters. The highest BCUT2D eigenvalue weighted by Gasteiger charge is 2.17. The molecule has 1 amide bonds. The molecule has 144 valence electrons. The number of ether oxygens (including phenoxy) is 2. The van der Waals surface area contributed by atoms with Crippen LogP contribution in [0.15, 0.2) is 41.3 Å². The largest absolute Gasteiger partial charge is 0.489 e. The number of rotatable bonds is 7. The minimum Gasteiger partial charge on any atom is -0.489 e. The first-order valence-corrected chi connectivity index (χ1v) is 8.90. The van der Waals surface area contributed by atoms with Gasteiger partial charge >= 0.3 is 0 Å². The number of para-hydroxylation sites is 2. The predicted octanol–water partition coefficient (Wildman–Crippen LogP) is 1.51. The van der Waals surface area contributed by atoms with Crippen LogP contribution < -0.4 is 20.5 Å². The zero-order valence-corrected chi connectivity index (χ0v) is 15.6. The van der Waals surface area contributed by atoms with Crippen molar-refractivity contribution in [1.29, 1.82) is 0 Å². The Morgan fingerprint density at radius 2 is 2.22 bits per heavy atom. The van der Waals surface area contributed by atoms with Gasteiger partial charge in [0.25, 0.3) is 5.56 Å². The lowest BCUT2D eigenvalue weighted by Gasteiger charge is -2.15. The Morgan fingerprint density at radius 3 is 2.93 bits per heavy atom. The van der Waals surface area contributed by atoms with Gasteiger partial charge in [0.05, 0.1) is 23.7 Å². The first-order valence-electron chi connectivity index (χ1n) is 8.90. The van der Waals surface area contributed by atoms with Crippen LogP contribution in [0.5, 0.6) is 5.75 Å². The fraction of sp³-hybridized carbons (Fsp3) is 0.421. The number of carbonyl (C=O) groups is 1. The summed E-state index contributed by atoms with van der Waals surface area (Å²) in [6.07, 6.45) is 3.66. The van der Waals surface area contributed by atoms with Gasteiger partial charge in [-0.2, -0.15) is 5.10 Å². The van der Waals surface area contributed by atoms with Crippen molar-refractivity contribution >= 4 is 17.3 Å². The molecule has 2 aromatic rings. The van der Waals surface area contributed by atoms with E-state index in [0.29, 0.717) is 23.7 Å². The number of carbonyl (C=O) groups excluding carboxylic acids is 1. The van der Waals surface area contributed by atoms with Gasteiger partial charge in [-0.15, -0.1) is 0 Å². The summed E-state index contributed by atoms with van der Waals surface area (Å²) in [7, 11) is 3.64. The second-order valence-electron chi connectivity index (χ2n) is 6.59. The summed E-state index contributed by atoms with van der Waals surface area (Å²) in [6.45, 7) is 1.04. The third-order valence-electron chi connectivity index (χ3n) is 4.27. The van der Waals surface area contributed by atoms with E-state index in [1.165, 1.54) is 6.07 Å². The molecular formula is C19H24N4O4. The Morgan fingerprint density at radius 1 is 1.41 bits per heavy atom. The van der Waals surface area contributed by atoms with Gasteiger partial charge in [0.15, 0.2) is 0 Å². The van der Waals surface area contributed by atoms with Crippen molar-refractivity contribution < 1.29 is 14.3 Å². The van der Waals surface area contributed by atoms with Crippen LogP contribution in [-0.2, 0) is 16.1 Å². The average Bonchev–Trinajstić information content (AvgIpc) is 3.16. The molecule has 2 heterocycles. The summed E-state index contributed by atoms with van der Waals surface area (Å²) in [4.78, 5) is 26.2. The van der Waals surface area contributed by atoms with Gasteiger partial charge in [-0.05, 0) is 25.0 Å². The summed E-state index contributed by atoms with van der Waals surface area (Å²) in [5.41, 5.74) is 0.905. The Hall–Kier alpha value is -2.87. The Labute approximate surface area is 157 Å². The minimum absolute atomic E-state index is 0.0896. The van der Waals surface area contributed by atoms with Crippen LogP contribution in [0.1, 0.15) is 12.8 Å². The van der Waals surface area contributed by atoms with Crippen molar-refractivity contribution in [3.05, 3.63) is 46.9 Å². The maximum absolute atomic E-state index is 12.4. The number of nitrogens with zero attached hydrogens (tertiary/aromatic N) is 3. The minimum atomic E-state index is -0.352. The normalized spacial score (nSPS) is 16.1. The van der Waals surface area contributed by atoms with Gasteiger partial charge in [0.1, 0.15) is 18.9 Å². The number of anilines is 2. The van der Waals surface area contributed by atoms with E-state index in [4.69, 9.17) is 9.47 Å². The lowest BCUT2D eigenvalue weighted by molar-refractivity contribution is -0.117. The van der Waals surface area contributed by atoms with E-state index in [1.54, 1.807) is 23.2 Å². The van der Waals surface area contributed by atoms with E-state index in [-0.39, 0.29) is 24.1 Å². The molecule has 0 radical (unpaired) electrons. The second kappa shape index (κ2) is 8.68. The van der Waals surface area contributed by atoms with E-state index in [0.717, 1.165) is 24.1 Å². The molecule has 1 saturated heterocycles. The molecule has 1 aliphatic heterocycles. The van der Waals surface area contributed by atoms with Crippen LogP contribution >= 0.6 is 0 Å². The molecule has 1 aromatic carbocycles. The van der Waals surface area contributed by atoms with Crippen LogP contribution in [0.4, 0.5) is 11.4 Å². The van der Waals surface area contributed by atoms with Crippen molar-refractivity contribution in [2.45, 2.75) is 25.5 Å². The summed E-state index contributed by atoms with van der Waals surface area (Å²) in [5.74, 6) is 0.222. The van der Waals surface area contributed by atoms with E-state index in [9.17, 15) is 9.59 Å². The summed E-state index contributed by atoms with van der Waals surface area (Å²) >= 11 is 0. The maximum atomic E-state index is 12.4. The molecule has 3 rings (SSSR count). The second-order valence-corrected chi connectivity index (χ2v) is 6.59. The number of amides is 1. The molecular weight excluding hydrogens is 348 g/mol.